The van der Waals surface area contributed by atoms with E-state index in [1.165, 1.54) is 6.08 Å². The van der Waals surface area contributed by atoms with Crippen molar-refractivity contribution < 1.29 is 15.0 Å². The number of aromatic nitrogens is 4. The molecular weight excluding hydrogens is 628 g/mol. The van der Waals surface area contributed by atoms with Crippen LogP contribution in [0.5, 0.6) is 11.5 Å². The van der Waals surface area contributed by atoms with Crippen molar-refractivity contribution in [3.8, 4) is 33.8 Å². The summed E-state index contributed by atoms with van der Waals surface area (Å²) in [5.41, 5.74) is 8.48. The Balaban J connectivity index is 0.000000159. The van der Waals surface area contributed by atoms with E-state index in [1.807, 2.05) is 62.9 Å². The number of benzene rings is 2. The van der Waals surface area contributed by atoms with E-state index in [0.29, 0.717) is 12.1 Å². The summed E-state index contributed by atoms with van der Waals surface area (Å²) in [7, 11) is 0. The molecular formula is C39H42N8O3. The highest BCUT2D eigenvalue weighted by atomic mass is 16.3. The van der Waals surface area contributed by atoms with E-state index in [9.17, 15) is 15.0 Å². The minimum atomic E-state index is 0.000887. The first kappa shape index (κ1) is 32.7. The van der Waals surface area contributed by atoms with Gasteiger partial charge in [0, 0.05) is 48.7 Å². The number of nitrogens with zero attached hydrogens (tertiary/aromatic N) is 5. The van der Waals surface area contributed by atoms with Crippen molar-refractivity contribution in [1.29, 1.82) is 0 Å². The van der Waals surface area contributed by atoms with E-state index in [0.717, 1.165) is 96.5 Å². The molecule has 11 heteroatoms. The smallest absolute Gasteiger partial charge is 0.245 e. The van der Waals surface area contributed by atoms with Crippen LogP contribution in [-0.2, 0) is 4.79 Å². The molecule has 6 heterocycles. The fourth-order valence-electron chi connectivity index (χ4n) is 6.70. The molecule has 8 rings (SSSR count). The standard InChI is InChI=1S/C21H22N4O2.C18H20N4O/c1-2-21(27)24-9-7-17(8-10-24)23-19-11-16(13-25-14-22-12-20(19)25)15-3-5-18(26)6-4-15;23-16-3-1-13(2-4-16)14-9-17(18-10-20-12-22(18)11-14)21-15-5-7-19-8-6-15/h2-6,11-14,17,23,26H,1,7-10H2;1-4,9-12,15,19,21,23H,5-8H2. The van der Waals surface area contributed by atoms with E-state index in [4.69, 9.17) is 0 Å². The minimum Gasteiger partial charge on any atom is -0.508 e. The van der Waals surface area contributed by atoms with Crippen molar-refractivity contribution in [3.05, 3.63) is 111 Å². The number of likely N-dealkylation sites (tertiary alicyclic amines) is 1. The third kappa shape index (κ3) is 7.42. The van der Waals surface area contributed by atoms with E-state index in [2.05, 4.69) is 50.8 Å². The van der Waals surface area contributed by atoms with Crippen molar-refractivity contribution in [3.63, 3.8) is 0 Å². The lowest BCUT2D eigenvalue weighted by atomic mass is 10.0. The Morgan fingerprint density at radius 2 is 1.18 bits per heavy atom. The third-order valence-electron chi connectivity index (χ3n) is 9.48. The van der Waals surface area contributed by atoms with E-state index >= 15 is 0 Å². The van der Waals surface area contributed by atoms with Crippen LogP contribution in [0.1, 0.15) is 25.7 Å². The molecule has 0 saturated carbocycles. The van der Waals surface area contributed by atoms with Crippen molar-refractivity contribution in [2.75, 3.05) is 36.8 Å². The summed E-state index contributed by atoms with van der Waals surface area (Å²) in [4.78, 5) is 22.1. The van der Waals surface area contributed by atoms with Gasteiger partial charge in [-0.1, -0.05) is 30.8 Å². The van der Waals surface area contributed by atoms with Crippen LogP contribution in [0.2, 0.25) is 0 Å². The van der Waals surface area contributed by atoms with Crippen LogP contribution in [0.4, 0.5) is 11.4 Å². The maximum Gasteiger partial charge on any atom is 0.245 e. The fraction of sp³-hybridized carbons (Fsp3) is 0.256. The minimum absolute atomic E-state index is 0.000887. The van der Waals surface area contributed by atoms with Crippen LogP contribution < -0.4 is 16.0 Å². The Morgan fingerprint density at radius 3 is 1.64 bits per heavy atom. The first-order chi connectivity index (χ1) is 24.4. The maximum absolute atomic E-state index is 11.8. The number of aromatic hydroxyl groups is 2. The molecule has 0 radical (unpaired) electrons. The normalized spacial score (nSPS) is 15.4. The summed E-state index contributed by atoms with van der Waals surface area (Å²) < 4.78 is 4.05. The second-order valence-corrected chi connectivity index (χ2v) is 12.9. The second kappa shape index (κ2) is 14.8. The summed E-state index contributed by atoms with van der Waals surface area (Å²) in [5.74, 6) is 0.535. The largest absolute Gasteiger partial charge is 0.508 e. The van der Waals surface area contributed by atoms with Gasteiger partial charge < -0.3 is 39.9 Å². The molecule has 4 aromatic heterocycles. The summed E-state index contributed by atoms with van der Waals surface area (Å²) in [5, 5.41) is 29.7. The highest BCUT2D eigenvalue weighted by molar-refractivity contribution is 5.87. The molecule has 256 valence electrons. The quantitative estimate of drug-likeness (QED) is 0.128. The zero-order valence-corrected chi connectivity index (χ0v) is 27.9. The van der Waals surface area contributed by atoms with Gasteiger partial charge in [-0.25, -0.2) is 9.97 Å². The predicted molar refractivity (Wildman–Crippen MR) is 198 cm³/mol. The lowest BCUT2D eigenvalue weighted by Crippen LogP contribution is -2.41. The number of imidazole rings is 2. The SMILES string of the molecule is C=CC(=O)N1CCC(Nc2cc(-c3ccc(O)cc3)cn3cncc23)CC1.Oc1ccc(-c2cc(NC3CCNCC3)c3cncn3c2)cc1. The number of pyridine rings is 2. The molecule has 0 unspecified atom stereocenters. The van der Waals surface area contributed by atoms with Gasteiger partial charge in [0.2, 0.25) is 5.91 Å². The predicted octanol–water partition coefficient (Wildman–Crippen LogP) is 6.17. The topological polar surface area (TPSA) is 131 Å². The number of amides is 1. The van der Waals surface area contributed by atoms with Gasteiger partial charge in [0.15, 0.2) is 0 Å². The average Bonchev–Trinajstić information content (AvgIpc) is 3.84. The fourth-order valence-corrected chi connectivity index (χ4v) is 6.70. The molecule has 50 heavy (non-hydrogen) atoms. The van der Waals surface area contributed by atoms with Gasteiger partial charge in [0.1, 0.15) is 11.5 Å². The molecule has 1 amide bonds. The zero-order chi connectivity index (χ0) is 34.5. The number of hydrogen-bond acceptors (Lipinski definition) is 8. The van der Waals surface area contributed by atoms with E-state index in [1.54, 1.807) is 30.6 Å². The molecule has 5 N–H and O–H groups in total. The van der Waals surface area contributed by atoms with Crippen LogP contribution in [-0.4, -0.2) is 78.1 Å². The summed E-state index contributed by atoms with van der Waals surface area (Å²) in [6.07, 6.45) is 16.9. The molecule has 0 bridgehead atoms. The Labute approximate surface area is 290 Å². The molecule has 2 aliphatic rings. The van der Waals surface area contributed by atoms with Crippen molar-refractivity contribution in [2.24, 2.45) is 0 Å². The molecule has 6 aromatic rings. The number of piperidine rings is 2. The first-order valence-corrected chi connectivity index (χ1v) is 17.1. The van der Waals surface area contributed by atoms with Gasteiger partial charge >= 0.3 is 0 Å². The van der Waals surface area contributed by atoms with Gasteiger partial charge in [0.05, 0.1) is 47.5 Å². The Bertz CT molecular complexity index is 2070. The van der Waals surface area contributed by atoms with Crippen molar-refractivity contribution >= 4 is 28.3 Å². The lowest BCUT2D eigenvalue weighted by Gasteiger charge is -2.32. The van der Waals surface area contributed by atoms with E-state index < -0.39 is 0 Å². The van der Waals surface area contributed by atoms with Gasteiger partial charge in [0.25, 0.3) is 0 Å². The Morgan fingerprint density at radius 1 is 0.720 bits per heavy atom. The number of rotatable bonds is 7. The third-order valence-corrected chi connectivity index (χ3v) is 9.48. The molecule has 0 spiro atoms. The van der Waals surface area contributed by atoms with Gasteiger partial charge in [-0.05, 0) is 92.4 Å². The summed E-state index contributed by atoms with van der Waals surface area (Å²) in [6, 6.07) is 19.5. The summed E-state index contributed by atoms with van der Waals surface area (Å²) >= 11 is 0. The highest BCUT2D eigenvalue weighted by Gasteiger charge is 2.22. The number of carbonyl (C=O) groups is 1. The molecule has 2 fully saturated rings. The highest BCUT2D eigenvalue weighted by Crippen LogP contribution is 2.30. The van der Waals surface area contributed by atoms with Crippen LogP contribution in [0.3, 0.4) is 0 Å². The lowest BCUT2D eigenvalue weighted by molar-refractivity contribution is -0.126. The number of hydrogen-bond donors (Lipinski definition) is 5. The number of carbonyl (C=O) groups excluding carboxylic acids is 1. The van der Waals surface area contributed by atoms with Crippen LogP contribution in [0, 0.1) is 0 Å². The summed E-state index contributed by atoms with van der Waals surface area (Å²) in [6.45, 7) is 7.15. The number of anilines is 2. The zero-order valence-electron chi connectivity index (χ0n) is 27.9. The van der Waals surface area contributed by atoms with Crippen LogP contribution >= 0.6 is 0 Å². The van der Waals surface area contributed by atoms with Gasteiger partial charge in [-0.3, -0.25) is 4.79 Å². The second-order valence-electron chi connectivity index (χ2n) is 12.9. The number of phenols is 2. The van der Waals surface area contributed by atoms with Crippen LogP contribution in [0.15, 0.2) is 111 Å². The number of phenolic OH excluding ortho intramolecular Hbond substituents is 2. The molecule has 0 aliphatic carbocycles. The average molecular weight is 671 g/mol. The number of nitrogens with one attached hydrogen (secondary N) is 3. The van der Waals surface area contributed by atoms with Crippen LogP contribution in [0.25, 0.3) is 33.3 Å². The monoisotopic (exact) mass is 670 g/mol. The maximum atomic E-state index is 11.8. The van der Waals surface area contributed by atoms with Crippen molar-refractivity contribution in [1.82, 2.24) is 29.0 Å². The molecule has 2 aliphatic heterocycles. The number of fused-ring (bicyclic) bond motifs is 2. The Kier molecular flexibility index (Phi) is 9.65. The van der Waals surface area contributed by atoms with Crippen molar-refractivity contribution in [2.45, 2.75) is 37.8 Å². The Hall–Kier alpha value is -5.81. The first-order valence-electron chi connectivity index (χ1n) is 17.1. The molecule has 0 atom stereocenters. The molecule has 11 nitrogen and oxygen atoms in total. The molecule has 2 aromatic carbocycles. The molecule has 2 saturated heterocycles. The van der Waals surface area contributed by atoms with E-state index in [-0.39, 0.29) is 17.4 Å². The van der Waals surface area contributed by atoms with Gasteiger partial charge in [-0.15, -0.1) is 0 Å². The van der Waals surface area contributed by atoms with Gasteiger partial charge in [-0.2, -0.15) is 0 Å².